The van der Waals surface area contributed by atoms with Gasteiger partial charge in [-0.15, -0.1) is 0 Å². The number of hydrogen-bond acceptors (Lipinski definition) is 3. The highest BCUT2D eigenvalue weighted by Gasteiger charge is 2.46. The summed E-state index contributed by atoms with van der Waals surface area (Å²) in [6.07, 6.45) is 9.42. The van der Waals surface area contributed by atoms with Crippen LogP contribution in [-0.2, 0) is 4.74 Å². The fraction of sp³-hybridized carbons (Fsp3) is 1.00. The maximum Gasteiger partial charge on any atom is 0.0593 e. The zero-order valence-corrected chi connectivity index (χ0v) is 13.8. The van der Waals surface area contributed by atoms with Gasteiger partial charge < -0.3 is 10.1 Å². The Labute approximate surface area is 125 Å². The normalized spacial score (nSPS) is 25.9. The van der Waals surface area contributed by atoms with Crippen molar-refractivity contribution in [2.75, 3.05) is 32.8 Å². The van der Waals surface area contributed by atoms with Gasteiger partial charge in [-0.1, -0.05) is 33.1 Å². The minimum atomic E-state index is 0.328. The maximum atomic E-state index is 5.64. The largest absolute Gasteiger partial charge is 0.380 e. The lowest BCUT2D eigenvalue weighted by atomic mass is 9.75. The lowest BCUT2D eigenvalue weighted by molar-refractivity contribution is -0.0362. The molecule has 2 aliphatic rings. The van der Waals surface area contributed by atoms with Gasteiger partial charge in [0.15, 0.2) is 0 Å². The third-order valence-corrected chi connectivity index (χ3v) is 5.80. The average Bonchev–Trinajstić information content (AvgIpc) is 2.51. The molecule has 3 heteroatoms. The van der Waals surface area contributed by atoms with Crippen molar-refractivity contribution in [1.29, 1.82) is 0 Å². The molecule has 1 N–H and O–H groups in total. The summed E-state index contributed by atoms with van der Waals surface area (Å²) in [5.41, 5.74) is 0.748. The second-order valence-electron chi connectivity index (χ2n) is 6.74. The second kappa shape index (κ2) is 7.24. The predicted octanol–water partition coefficient (Wildman–Crippen LogP) is 3.19. The molecule has 0 unspecified atom stereocenters. The van der Waals surface area contributed by atoms with Crippen molar-refractivity contribution in [3.05, 3.63) is 0 Å². The zero-order chi connectivity index (χ0) is 14.5. The highest BCUT2D eigenvalue weighted by Crippen LogP contribution is 2.38. The van der Waals surface area contributed by atoms with E-state index in [1.54, 1.807) is 0 Å². The van der Waals surface area contributed by atoms with Gasteiger partial charge in [0.25, 0.3) is 0 Å². The van der Waals surface area contributed by atoms with Crippen molar-refractivity contribution in [3.8, 4) is 0 Å². The van der Waals surface area contributed by atoms with E-state index < -0.39 is 0 Å². The Morgan fingerprint density at radius 1 is 1.05 bits per heavy atom. The van der Waals surface area contributed by atoms with Gasteiger partial charge in [0.2, 0.25) is 0 Å². The molecule has 1 spiro atoms. The SMILES string of the molecule is CCOCCN1CC(CC)(CC)NCC12CCCCC2. The summed E-state index contributed by atoms with van der Waals surface area (Å²) >= 11 is 0. The molecule has 1 saturated heterocycles. The van der Waals surface area contributed by atoms with E-state index in [2.05, 4.69) is 31.0 Å². The molecule has 1 aliphatic heterocycles. The van der Waals surface area contributed by atoms with Crippen molar-refractivity contribution in [2.45, 2.75) is 76.8 Å². The van der Waals surface area contributed by atoms with E-state index in [0.717, 1.165) is 19.8 Å². The monoisotopic (exact) mass is 282 g/mol. The Hall–Kier alpha value is -0.120. The first-order valence-corrected chi connectivity index (χ1v) is 8.78. The number of hydrogen-bond donors (Lipinski definition) is 1. The highest BCUT2D eigenvalue weighted by molar-refractivity contribution is 5.05. The molecular weight excluding hydrogens is 248 g/mol. The van der Waals surface area contributed by atoms with Gasteiger partial charge in [0, 0.05) is 37.3 Å². The van der Waals surface area contributed by atoms with Gasteiger partial charge in [-0.3, -0.25) is 4.90 Å². The molecule has 3 nitrogen and oxygen atoms in total. The van der Waals surface area contributed by atoms with Crippen LogP contribution in [0.25, 0.3) is 0 Å². The number of nitrogens with zero attached hydrogens (tertiary/aromatic N) is 1. The van der Waals surface area contributed by atoms with Gasteiger partial charge >= 0.3 is 0 Å². The maximum absolute atomic E-state index is 5.64. The van der Waals surface area contributed by atoms with Crippen LogP contribution in [0, 0.1) is 0 Å². The fourth-order valence-electron chi connectivity index (χ4n) is 4.11. The molecule has 20 heavy (non-hydrogen) atoms. The summed E-state index contributed by atoms with van der Waals surface area (Å²) < 4.78 is 5.64. The van der Waals surface area contributed by atoms with Crippen molar-refractivity contribution >= 4 is 0 Å². The summed E-state index contributed by atoms with van der Waals surface area (Å²) in [6, 6.07) is 0. The van der Waals surface area contributed by atoms with Gasteiger partial charge in [-0.25, -0.2) is 0 Å². The number of piperazine rings is 1. The summed E-state index contributed by atoms with van der Waals surface area (Å²) in [5.74, 6) is 0. The van der Waals surface area contributed by atoms with Crippen molar-refractivity contribution in [2.24, 2.45) is 0 Å². The lowest BCUT2D eigenvalue weighted by Gasteiger charge is -2.56. The molecule has 1 heterocycles. The topological polar surface area (TPSA) is 24.5 Å². The van der Waals surface area contributed by atoms with Crippen LogP contribution in [0.4, 0.5) is 0 Å². The molecule has 0 amide bonds. The van der Waals surface area contributed by atoms with Gasteiger partial charge in [-0.2, -0.15) is 0 Å². The Kier molecular flexibility index (Phi) is 5.88. The molecule has 118 valence electrons. The minimum absolute atomic E-state index is 0.328. The first kappa shape index (κ1) is 16.3. The molecule has 1 aliphatic carbocycles. The van der Waals surface area contributed by atoms with Crippen LogP contribution >= 0.6 is 0 Å². The van der Waals surface area contributed by atoms with Gasteiger partial charge in [-0.05, 0) is 32.6 Å². The molecule has 0 aromatic rings. The van der Waals surface area contributed by atoms with E-state index in [4.69, 9.17) is 4.74 Å². The summed E-state index contributed by atoms with van der Waals surface area (Å²) in [7, 11) is 0. The summed E-state index contributed by atoms with van der Waals surface area (Å²) in [4.78, 5) is 2.78. The van der Waals surface area contributed by atoms with Crippen LogP contribution in [-0.4, -0.2) is 48.8 Å². The van der Waals surface area contributed by atoms with Crippen LogP contribution in [0.3, 0.4) is 0 Å². The van der Waals surface area contributed by atoms with Crippen molar-refractivity contribution in [1.82, 2.24) is 10.2 Å². The van der Waals surface area contributed by atoms with E-state index >= 15 is 0 Å². The number of nitrogens with one attached hydrogen (secondary N) is 1. The first-order chi connectivity index (χ1) is 9.70. The summed E-state index contributed by atoms with van der Waals surface area (Å²) in [5, 5.41) is 3.93. The minimum Gasteiger partial charge on any atom is -0.380 e. The fourth-order valence-corrected chi connectivity index (χ4v) is 4.11. The van der Waals surface area contributed by atoms with Crippen molar-refractivity contribution < 1.29 is 4.74 Å². The Balaban J connectivity index is 2.07. The molecule has 2 rings (SSSR count). The first-order valence-electron chi connectivity index (χ1n) is 8.78. The lowest BCUT2D eigenvalue weighted by Crippen LogP contribution is -2.70. The number of ether oxygens (including phenoxy) is 1. The highest BCUT2D eigenvalue weighted by atomic mass is 16.5. The quantitative estimate of drug-likeness (QED) is 0.757. The second-order valence-corrected chi connectivity index (χ2v) is 6.74. The molecule has 0 bridgehead atoms. The van der Waals surface area contributed by atoms with E-state index in [1.807, 2.05) is 0 Å². The molecule has 0 atom stereocenters. The molecule has 1 saturated carbocycles. The Morgan fingerprint density at radius 2 is 1.75 bits per heavy atom. The van der Waals surface area contributed by atoms with Crippen LogP contribution < -0.4 is 5.32 Å². The van der Waals surface area contributed by atoms with Crippen LogP contribution in [0.1, 0.15) is 65.7 Å². The smallest absolute Gasteiger partial charge is 0.0593 e. The predicted molar refractivity (Wildman–Crippen MR) is 85.2 cm³/mol. The van der Waals surface area contributed by atoms with E-state index in [9.17, 15) is 0 Å². The standard InChI is InChI=1S/C17H34N2O/c1-4-16(5-2)15-19(12-13-20-6-3)17(14-18-16)10-8-7-9-11-17/h18H,4-15H2,1-3H3. The average molecular weight is 282 g/mol. The van der Waals surface area contributed by atoms with E-state index in [1.165, 1.54) is 58.0 Å². The van der Waals surface area contributed by atoms with Crippen LogP contribution in [0.15, 0.2) is 0 Å². The third-order valence-electron chi connectivity index (χ3n) is 5.80. The van der Waals surface area contributed by atoms with Crippen LogP contribution in [0.2, 0.25) is 0 Å². The van der Waals surface area contributed by atoms with Gasteiger partial charge in [0.1, 0.15) is 0 Å². The van der Waals surface area contributed by atoms with E-state index in [0.29, 0.717) is 11.1 Å². The number of rotatable bonds is 6. The van der Waals surface area contributed by atoms with Crippen LogP contribution in [0.5, 0.6) is 0 Å². The molecule has 0 aromatic carbocycles. The molecule has 0 radical (unpaired) electrons. The zero-order valence-electron chi connectivity index (χ0n) is 13.8. The Bertz CT molecular complexity index is 283. The molecular formula is C17H34N2O. The third kappa shape index (κ3) is 3.37. The van der Waals surface area contributed by atoms with Gasteiger partial charge in [0.05, 0.1) is 6.61 Å². The molecule has 0 aromatic heterocycles. The molecule has 2 fully saturated rings. The summed E-state index contributed by atoms with van der Waals surface area (Å²) in [6.45, 7) is 12.0. The Morgan fingerprint density at radius 3 is 2.35 bits per heavy atom. The van der Waals surface area contributed by atoms with Crippen molar-refractivity contribution in [3.63, 3.8) is 0 Å². The van der Waals surface area contributed by atoms with E-state index in [-0.39, 0.29) is 0 Å².